The van der Waals surface area contributed by atoms with Crippen molar-refractivity contribution in [2.45, 2.75) is 13.5 Å². The first-order valence-corrected chi connectivity index (χ1v) is 8.18. The van der Waals surface area contributed by atoms with Gasteiger partial charge in [0.1, 0.15) is 6.61 Å². The van der Waals surface area contributed by atoms with E-state index in [9.17, 15) is 4.79 Å². The van der Waals surface area contributed by atoms with Crippen LogP contribution < -0.4 is 20.6 Å². The summed E-state index contributed by atoms with van der Waals surface area (Å²) in [6, 6.07) is 9.96. The van der Waals surface area contributed by atoms with Gasteiger partial charge in [0.05, 0.1) is 17.8 Å². The Kier molecular flexibility index (Phi) is 6.91. The third kappa shape index (κ3) is 5.55. The number of carbonyl (C=O) groups is 1. The zero-order valence-corrected chi connectivity index (χ0v) is 15.0. The third-order valence-electron chi connectivity index (χ3n) is 3.05. The fraction of sp³-hybridized carbons (Fsp3) is 0.176. The summed E-state index contributed by atoms with van der Waals surface area (Å²) >= 11 is 12.4. The van der Waals surface area contributed by atoms with Crippen LogP contribution in [0.1, 0.15) is 18.1 Å². The van der Waals surface area contributed by atoms with Crippen LogP contribution in [0.5, 0.6) is 11.5 Å². The van der Waals surface area contributed by atoms with Crippen LogP contribution in [0.15, 0.2) is 41.5 Å². The van der Waals surface area contributed by atoms with Crippen molar-refractivity contribution in [3.8, 4) is 11.5 Å². The highest BCUT2D eigenvalue weighted by Crippen LogP contribution is 2.37. The summed E-state index contributed by atoms with van der Waals surface area (Å²) in [5.41, 5.74) is 8.51. The molecule has 0 aliphatic heterocycles. The quantitative estimate of drug-likeness (QED) is 0.561. The van der Waals surface area contributed by atoms with Crippen LogP contribution in [-0.4, -0.2) is 18.9 Å². The van der Waals surface area contributed by atoms with Crippen molar-refractivity contribution in [1.82, 2.24) is 5.43 Å². The second-order valence-electron chi connectivity index (χ2n) is 4.88. The van der Waals surface area contributed by atoms with Crippen LogP contribution >= 0.6 is 23.2 Å². The van der Waals surface area contributed by atoms with Crippen molar-refractivity contribution in [2.75, 3.05) is 6.61 Å². The number of hydrogen-bond acceptors (Lipinski definition) is 4. The number of carbonyl (C=O) groups excluding carboxylic acids is 1. The minimum absolute atomic E-state index is 0.246. The minimum atomic E-state index is -0.757. The van der Waals surface area contributed by atoms with Gasteiger partial charge >= 0.3 is 6.03 Å². The van der Waals surface area contributed by atoms with Crippen LogP contribution in [0.25, 0.3) is 0 Å². The van der Waals surface area contributed by atoms with Gasteiger partial charge in [-0.15, -0.1) is 0 Å². The Balaban J connectivity index is 2.23. The maximum atomic E-state index is 10.6. The van der Waals surface area contributed by atoms with E-state index in [-0.39, 0.29) is 6.61 Å². The van der Waals surface area contributed by atoms with Gasteiger partial charge in [0.25, 0.3) is 0 Å². The Labute approximate surface area is 155 Å². The molecule has 3 N–H and O–H groups in total. The average Bonchev–Trinajstić information content (AvgIpc) is 2.55. The van der Waals surface area contributed by atoms with Crippen molar-refractivity contribution < 1.29 is 14.3 Å². The molecule has 2 aromatic rings. The van der Waals surface area contributed by atoms with Gasteiger partial charge in [-0.05, 0) is 30.7 Å². The molecule has 2 aromatic carbocycles. The number of nitrogens with one attached hydrogen (secondary N) is 1. The lowest BCUT2D eigenvalue weighted by molar-refractivity contribution is 0.249. The average molecular weight is 382 g/mol. The lowest BCUT2D eigenvalue weighted by Crippen LogP contribution is -2.24. The molecule has 25 heavy (non-hydrogen) atoms. The van der Waals surface area contributed by atoms with Crippen molar-refractivity contribution >= 4 is 35.4 Å². The number of nitrogens with two attached hydrogens (primary N) is 1. The van der Waals surface area contributed by atoms with E-state index in [0.717, 1.165) is 5.56 Å². The number of halogens is 2. The van der Waals surface area contributed by atoms with E-state index in [1.807, 2.05) is 25.1 Å². The molecular weight excluding hydrogens is 365 g/mol. The molecule has 0 unspecified atom stereocenters. The van der Waals surface area contributed by atoms with E-state index in [2.05, 4.69) is 10.5 Å². The molecule has 0 spiro atoms. The monoisotopic (exact) mass is 381 g/mol. The summed E-state index contributed by atoms with van der Waals surface area (Å²) in [6.07, 6.45) is 1.40. The lowest BCUT2D eigenvalue weighted by atomic mass is 10.2. The highest BCUT2D eigenvalue weighted by Gasteiger charge is 2.13. The predicted octanol–water partition coefficient (Wildman–Crippen LogP) is 3.97. The van der Waals surface area contributed by atoms with E-state index in [0.29, 0.717) is 33.7 Å². The Morgan fingerprint density at radius 2 is 2.00 bits per heavy atom. The van der Waals surface area contributed by atoms with Gasteiger partial charge in [0, 0.05) is 10.6 Å². The number of nitrogens with zero attached hydrogens (tertiary/aromatic N) is 1. The number of benzene rings is 2. The number of urea groups is 1. The Morgan fingerprint density at radius 1 is 1.24 bits per heavy atom. The molecule has 132 valence electrons. The van der Waals surface area contributed by atoms with E-state index < -0.39 is 6.03 Å². The summed E-state index contributed by atoms with van der Waals surface area (Å²) in [5, 5.41) is 4.65. The largest absolute Gasteiger partial charge is 0.490 e. The van der Waals surface area contributed by atoms with Gasteiger partial charge in [-0.25, -0.2) is 10.2 Å². The first-order valence-electron chi connectivity index (χ1n) is 7.42. The summed E-state index contributed by atoms with van der Waals surface area (Å²) < 4.78 is 11.4. The molecule has 2 amide bonds. The van der Waals surface area contributed by atoms with Gasteiger partial charge in [-0.3, -0.25) is 0 Å². The number of rotatable bonds is 7. The van der Waals surface area contributed by atoms with E-state index in [1.165, 1.54) is 6.21 Å². The molecule has 0 saturated carbocycles. The van der Waals surface area contributed by atoms with Crippen LogP contribution in [0.4, 0.5) is 4.79 Å². The summed E-state index contributed by atoms with van der Waals surface area (Å²) in [5.74, 6) is 0.867. The van der Waals surface area contributed by atoms with E-state index in [4.69, 9.17) is 38.4 Å². The highest BCUT2D eigenvalue weighted by atomic mass is 35.5. The molecule has 0 saturated heterocycles. The van der Waals surface area contributed by atoms with Gasteiger partial charge in [0.2, 0.25) is 0 Å². The smallest absolute Gasteiger partial charge is 0.332 e. The molecule has 8 heteroatoms. The van der Waals surface area contributed by atoms with Crippen molar-refractivity contribution in [3.63, 3.8) is 0 Å². The zero-order chi connectivity index (χ0) is 18.2. The molecule has 0 atom stereocenters. The molecule has 0 fully saturated rings. The first-order chi connectivity index (χ1) is 12.0. The summed E-state index contributed by atoms with van der Waals surface area (Å²) in [6.45, 7) is 2.52. The third-order valence-corrected chi connectivity index (χ3v) is 3.70. The minimum Gasteiger partial charge on any atom is -0.490 e. The summed E-state index contributed by atoms with van der Waals surface area (Å²) in [7, 11) is 0. The Bertz CT molecular complexity index is 782. The molecule has 0 heterocycles. The Hall–Kier alpha value is -2.44. The van der Waals surface area contributed by atoms with Gasteiger partial charge in [-0.2, -0.15) is 5.10 Å². The van der Waals surface area contributed by atoms with E-state index in [1.54, 1.807) is 18.2 Å². The SMILES string of the molecule is CCOc1cc(C=NNC(N)=O)cc(Cl)c1OCc1ccccc1Cl. The lowest BCUT2D eigenvalue weighted by Gasteiger charge is -2.15. The van der Waals surface area contributed by atoms with Gasteiger partial charge in [0.15, 0.2) is 11.5 Å². The van der Waals surface area contributed by atoms with Crippen LogP contribution in [-0.2, 0) is 6.61 Å². The normalized spacial score (nSPS) is 10.7. The molecule has 0 radical (unpaired) electrons. The predicted molar refractivity (Wildman–Crippen MR) is 98.7 cm³/mol. The van der Waals surface area contributed by atoms with Crippen LogP contribution in [0.3, 0.4) is 0 Å². The molecular formula is C17H17Cl2N3O3. The standard InChI is InChI=1S/C17H17Cl2N3O3/c1-2-24-15-8-11(9-21-22-17(20)23)7-14(19)16(15)25-10-12-5-3-4-6-13(12)18/h3-9H,2,10H2,1H3,(H3,20,22,23). The molecule has 0 bridgehead atoms. The van der Waals surface area contributed by atoms with E-state index >= 15 is 0 Å². The van der Waals surface area contributed by atoms with Crippen molar-refractivity contribution in [2.24, 2.45) is 10.8 Å². The fourth-order valence-electron chi connectivity index (χ4n) is 2.00. The van der Waals surface area contributed by atoms with Crippen molar-refractivity contribution in [1.29, 1.82) is 0 Å². The van der Waals surface area contributed by atoms with Crippen LogP contribution in [0, 0.1) is 0 Å². The number of amides is 2. The highest BCUT2D eigenvalue weighted by molar-refractivity contribution is 6.32. The first kappa shape index (κ1) is 18.9. The van der Waals surface area contributed by atoms with Crippen LogP contribution in [0.2, 0.25) is 10.0 Å². The number of primary amides is 1. The molecule has 0 aliphatic rings. The number of hydrogen-bond donors (Lipinski definition) is 2. The zero-order valence-electron chi connectivity index (χ0n) is 13.5. The van der Waals surface area contributed by atoms with Crippen molar-refractivity contribution in [3.05, 3.63) is 57.6 Å². The fourth-order valence-corrected chi connectivity index (χ4v) is 2.47. The molecule has 0 aliphatic carbocycles. The molecule has 2 rings (SSSR count). The van der Waals surface area contributed by atoms with Gasteiger partial charge in [-0.1, -0.05) is 41.4 Å². The summed E-state index contributed by atoms with van der Waals surface area (Å²) in [4.78, 5) is 10.6. The maximum Gasteiger partial charge on any atom is 0.332 e. The second kappa shape index (κ2) is 9.15. The Morgan fingerprint density at radius 3 is 2.68 bits per heavy atom. The molecule has 0 aromatic heterocycles. The topological polar surface area (TPSA) is 85.9 Å². The number of ether oxygens (including phenoxy) is 2. The second-order valence-corrected chi connectivity index (χ2v) is 5.69. The molecule has 6 nitrogen and oxygen atoms in total. The maximum absolute atomic E-state index is 10.6. The van der Waals surface area contributed by atoms with Gasteiger partial charge < -0.3 is 15.2 Å². The number of hydrazone groups is 1.